The Bertz CT molecular complexity index is 966. The number of para-hydroxylation sites is 1. The number of hydrogen-bond donors (Lipinski definition) is 4. The van der Waals surface area contributed by atoms with Crippen molar-refractivity contribution < 1.29 is 28.0 Å². The Morgan fingerprint density at radius 2 is 1.47 bits per heavy atom. The van der Waals surface area contributed by atoms with E-state index in [-0.39, 0.29) is 42.7 Å². The van der Waals surface area contributed by atoms with Crippen molar-refractivity contribution in [2.75, 3.05) is 18.4 Å². The van der Waals surface area contributed by atoms with Gasteiger partial charge in [0.05, 0.1) is 16.8 Å². The maximum atomic E-state index is 13.6. The largest absolute Gasteiger partial charge is 0.370 e. The number of halogens is 2. The summed E-state index contributed by atoms with van der Waals surface area (Å²) >= 11 is 0. The van der Waals surface area contributed by atoms with Crippen LogP contribution >= 0.6 is 0 Å². The number of rotatable bonds is 9. The summed E-state index contributed by atoms with van der Waals surface area (Å²) in [6.45, 7) is -0.0448. The second-order valence-corrected chi connectivity index (χ2v) is 6.20. The van der Waals surface area contributed by atoms with E-state index < -0.39 is 35.3 Å². The molecule has 30 heavy (non-hydrogen) atoms. The zero-order valence-electron chi connectivity index (χ0n) is 15.8. The molecule has 0 bridgehead atoms. The molecule has 0 atom stereocenters. The maximum absolute atomic E-state index is 13.6. The highest BCUT2D eigenvalue weighted by atomic mass is 19.1. The number of anilines is 1. The molecule has 2 aromatic carbocycles. The zero-order chi connectivity index (χ0) is 22.1. The molecule has 0 aromatic heterocycles. The molecule has 0 unspecified atom stereocenters. The van der Waals surface area contributed by atoms with Crippen LogP contribution in [-0.2, 0) is 9.59 Å². The number of hydrogen-bond acceptors (Lipinski definition) is 4. The van der Waals surface area contributed by atoms with Crippen LogP contribution in [0.25, 0.3) is 0 Å². The van der Waals surface area contributed by atoms with Crippen LogP contribution < -0.4 is 21.7 Å². The van der Waals surface area contributed by atoms with Crippen molar-refractivity contribution in [3.63, 3.8) is 0 Å². The van der Waals surface area contributed by atoms with Gasteiger partial charge in [0.1, 0.15) is 11.6 Å². The molecule has 2 rings (SSSR count). The van der Waals surface area contributed by atoms with E-state index in [1.165, 1.54) is 12.1 Å². The first-order valence-corrected chi connectivity index (χ1v) is 8.96. The number of benzene rings is 2. The summed E-state index contributed by atoms with van der Waals surface area (Å²) < 4.78 is 26.5. The van der Waals surface area contributed by atoms with Gasteiger partial charge in [0.15, 0.2) is 0 Å². The summed E-state index contributed by atoms with van der Waals surface area (Å²) in [5.41, 5.74) is 5.11. The average molecular weight is 418 g/mol. The lowest BCUT2D eigenvalue weighted by Gasteiger charge is -2.11. The summed E-state index contributed by atoms with van der Waals surface area (Å²) in [6.07, 6.45) is -0.166. The number of amides is 4. The van der Waals surface area contributed by atoms with Gasteiger partial charge in [-0.25, -0.2) is 8.78 Å². The van der Waals surface area contributed by atoms with E-state index in [1.54, 1.807) is 12.1 Å². The standard InChI is InChI=1S/C20H20F2N4O4/c21-12-5-6-13(15(22)11-12)19(29)25-10-8-18(28)26-16-4-2-1-3-14(16)20(30)24-9-7-17(23)27/h1-6,11H,7-10H2,(H2,23,27)(H,24,30)(H,25,29)(H,26,28). The van der Waals surface area contributed by atoms with Crippen LogP contribution in [0.1, 0.15) is 33.6 Å². The predicted molar refractivity (Wildman–Crippen MR) is 105 cm³/mol. The van der Waals surface area contributed by atoms with Crippen molar-refractivity contribution in [2.45, 2.75) is 12.8 Å². The molecule has 158 valence electrons. The van der Waals surface area contributed by atoms with Crippen LogP contribution in [0, 0.1) is 11.6 Å². The summed E-state index contributed by atoms with van der Waals surface area (Å²) in [7, 11) is 0. The van der Waals surface area contributed by atoms with Gasteiger partial charge in [0.2, 0.25) is 11.8 Å². The van der Waals surface area contributed by atoms with E-state index in [2.05, 4.69) is 16.0 Å². The minimum absolute atomic E-state index is 0.0192. The fraction of sp³-hybridized carbons (Fsp3) is 0.200. The summed E-state index contributed by atoms with van der Waals surface area (Å²) in [4.78, 5) is 47.0. The lowest BCUT2D eigenvalue weighted by atomic mass is 10.1. The van der Waals surface area contributed by atoms with Crippen LogP contribution in [0.15, 0.2) is 42.5 Å². The van der Waals surface area contributed by atoms with Gasteiger partial charge in [0.25, 0.3) is 11.8 Å². The molecule has 10 heteroatoms. The number of carbonyl (C=O) groups is 4. The normalized spacial score (nSPS) is 10.2. The highest BCUT2D eigenvalue weighted by Crippen LogP contribution is 2.15. The van der Waals surface area contributed by atoms with E-state index in [1.807, 2.05) is 0 Å². The predicted octanol–water partition coefficient (Wildman–Crippen LogP) is 1.33. The van der Waals surface area contributed by atoms with Gasteiger partial charge < -0.3 is 21.7 Å². The Labute approximate surface area is 170 Å². The molecule has 0 heterocycles. The van der Waals surface area contributed by atoms with Crippen LogP contribution in [0.3, 0.4) is 0 Å². The average Bonchev–Trinajstić information content (AvgIpc) is 2.67. The number of primary amides is 1. The van der Waals surface area contributed by atoms with Gasteiger partial charge in [-0.15, -0.1) is 0 Å². The second-order valence-electron chi connectivity index (χ2n) is 6.20. The zero-order valence-corrected chi connectivity index (χ0v) is 15.8. The first-order valence-electron chi connectivity index (χ1n) is 8.96. The van der Waals surface area contributed by atoms with Gasteiger partial charge in [-0.3, -0.25) is 19.2 Å². The molecule has 0 aliphatic heterocycles. The Balaban J connectivity index is 1.88. The fourth-order valence-corrected chi connectivity index (χ4v) is 2.46. The van der Waals surface area contributed by atoms with Gasteiger partial charge in [-0.1, -0.05) is 12.1 Å². The second kappa shape index (κ2) is 10.6. The Kier molecular flexibility index (Phi) is 7.98. The summed E-state index contributed by atoms with van der Waals surface area (Å²) in [6, 6.07) is 8.79. The van der Waals surface area contributed by atoms with Gasteiger partial charge in [-0.05, 0) is 24.3 Å². The van der Waals surface area contributed by atoms with E-state index in [9.17, 15) is 28.0 Å². The van der Waals surface area contributed by atoms with Crippen molar-refractivity contribution >= 4 is 29.3 Å². The number of nitrogens with two attached hydrogens (primary N) is 1. The van der Waals surface area contributed by atoms with E-state index >= 15 is 0 Å². The third-order valence-electron chi connectivity index (χ3n) is 3.92. The molecule has 0 aliphatic rings. The highest BCUT2D eigenvalue weighted by molar-refractivity contribution is 6.04. The van der Waals surface area contributed by atoms with E-state index in [4.69, 9.17) is 5.73 Å². The number of carbonyl (C=O) groups excluding carboxylic acids is 4. The van der Waals surface area contributed by atoms with Crippen LogP contribution in [-0.4, -0.2) is 36.7 Å². The topological polar surface area (TPSA) is 130 Å². The van der Waals surface area contributed by atoms with Gasteiger partial charge in [0, 0.05) is 32.0 Å². The fourth-order valence-electron chi connectivity index (χ4n) is 2.46. The minimum atomic E-state index is -1.01. The Hall–Kier alpha value is -3.82. The lowest BCUT2D eigenvalue weighted by Crippen LogP contribution is -2.30. The molecule has 2 aromatic rings. The van der Waals surface area contributed by atoms with E-state index in [0.29, 0.717) is 6.07 Å². The van der Waals surface area contributed by atoms with Crippen molar-refractivity contribution in [1.82, 2.24) is 10.6 Å². The van der Waals surface area contributed by atoms with Crippen molar-refractivity contribution in [1.29, 1.82) is 0 Å². The molecule has 4 amide bonds. The summed E-state index contributed by atoms with van der Waals surface area (Å²) in [5, 5.41) is 7.44. The monoisotopic (exact) mass is 418 g/mol. The first kappa shape index (κ1) is 22.5. The van der Waals surface area contributed by atoms with Crippen LogP contribution in [0.2, 0.25) is 0 Å². The SMILES string of the molecule is NC(=O)CCNC(=O)c1ccccc1NC(=O)CCNC(=O)c1ccc(F)cc1F. The van der Waals surface area contributed by atoms with Gasteiger partial charge >= 0.3 is 0 Å². The van der Waals surface area contributed by atoms with Crippen molar-refractivity contribution in [3.05, 3.63) is 65.2 Å². The third-order valence-corrected chi connectivity index (χ3v) is 3.92. The van der Waals surface area contributed by atoms with Crippen LogP contribution in [0.4, 0.5) is 14.5 Å². The first-order chi connectivity index (χ1) is 14.3. The Morgan fingerprint density at radius 3 is 2.13 bits per heavy atom. The maximum Gasteiger partial charge on any atom is 0.254 e. The molecule has 0 radical (unpaired) electrons. The minimum Gasteiger partial charge on any atom is -0.370 e. The molecule has 0 saturated heterocycles. The molecule has 8 nitrogen and oxygen atoms in total. The smallest absolute Gasteiger partial charge is 0.254 e. The lowest BCUT2D eigenvalue weighted by molar-refractivity contribution is -0.118. The van der Waals surface area contributed by atoms with Crippen molar-refractivity contribution in [3.8, 4) is 0 Å². The Morgan fingerprint density at radius 1 is 0.833 bits per heavy atom. The molecule has 0 spiro atoms. The molecule has 0 fully saturated rings. The molecule has 0 aliphatic carbocycles. The van der Waals surface area contributed by atoms with Gasteiger partial charge in [-0.2, -0.15) is 0 Å². The molecular weight excluding hydrogens is 398 g/mol. The molecule has 5 N–H and O–H groups in total. The molecular formula is C20H20F2N4O4. The molecule has 0 saturated carbocycles. The highest BCUT2D eigenvalue weighted by Gasteiger charge is 2.15. The quantitative estimate of drug-likeness (QED) is 0.489. The van der Waals surface area contributed by atoms with E-state index in [0.717, 1.165) is 12.1 Å². The van der Waals surface area contributed by atoms with Crippen LogP contribution in [0.5, 0.6) is 0 Å². The summed E-state index contributed by atoms with van der Waals surface area (Å²) in [5.74, 6) is -4.14. The third kappa shape index (κ3) is 6.66. The number of nitrogens with one attached hydrogen (secondary N) is 3. The van der Waals surface area contributed by atoms with Crippen molar-refractivity contribution in [2.24, 2.45) is 5.73 Å².